The number of piperidine rings is 1. The zero-order chi connectivity index (χ0) is 54.2. The number of rotatable bonds is 12. The van der Waals surface area contributed by atoms with Crippen LogP contribution < -0.4 is 0 Å². The Morgan fingerprint density at radius 3 is 2.27 bits per heavy atom. The van der Waals surface area contributed by atoms with Crippen LogP contribution in [0.2, 0.25) is 0 Å². The zero-order valence-corrected chi connectivity index (χ0v) is 46.9. The van der Waals surface area contributed by atoms with Gasteiger partial charge in [0, 0.05) is 65.1 Å². The summed E-state index contributed by atoms with van der Waals surface area (Å²) in [5.74, 6) is -8.25. The maximum atomic E-state index is 14.6. The van der Waals surface area contributed by atoms with Crippen molar-refractivity contribution in [1.29, 1.82) is 0 Å². The molecule has 1 saturated carbocycles. The number of allylic oxidation sites excluding steroid dienone is 6. The van der Waals surface area contributed by atoms with Gasteiger partial charge in [0.1, 0.15) is 30.1 Å². The summed E-state index contributed by atoms with van der Waals surface area (Å²) in [6.45, 7) is 16.5. The van der Waals surface area contributed by atoms with Gasteiger partial charge in [-0.05, 0) is 113 Å². The van der Waals surface area contributed by atoms with E-state index in [4.69, 9.17) is 32.7 Å². The van der Waals surface area contributed by atoms with Gasteiger partial charge in [-0.1, -0.05) is 84.4 Å². The van der Waals surface area contributed by atoms with Crippen LogP contribution in [0.4, 0.5) is 0 Å². The molecule has 2 unspecified atom stereocenters. The SMILES string of the molecule is CCCCOP(C)(=O)O[C@@H]1CC[C@@H](C[C@@H](C)[C@@H]2CC(=O)[C@H](C)/C=C(\C)[C@@H](O)[C@@H](OC)C(=O)[C@H](C)C[C@H](C)/C=C/C=C/C=C(\C)[C@@H](OC)C[C@@H]3CC[C@@H](C)[C@@](O)(O3)C(=O)C(=O)N3CCCCC3C(=O)O2)C[C@H]1OC. The molecule has 73 heavy (non-hydrogen) atoms. The number of methoxy groups -OCH3 is 3. The molecule has 17 heteroatoms. The first-order chi connectivity index (χ1) is 34.5. The average Bonchev–Trinajstić information content (AvgIpc) is 3.35. The third kappa shape index (κ3) is 17.7. The highest BCUT2D eigenvalue weighted by Crippen LogP contribution is 2.49. The third-order valence-electron chi connectivity index (χ3n) is 15.6. The molecule has 0 aromatic carbocycles. The molecular weight excluding hydrogens is 958 g/mol. The van der Waals surface area contributed by atoms with Gasteiger partial charge in [-0.3, -0.25) is 23.7 Å². The quantitative estimate of drug-likeness (QED) is 0.0615. The first-order valence-electron chi connectivity index (χ1n) is 26.9. The lowest BCUT2D eigenvalue weighted by atomic mass is 9.78. The fourth-order valence-corrected chi connectivity index (χ4v) is 12.1. The summed E-state index contributed by atoms with van der Waals surface area (Å²) in [7, 11) is 1.19. The topological polar surface area (TPSA) is 211 Å². The molecule has 2 N–H and O–H groups in total. The van der Waals surface area contributed by atoms with Crippen molar-refractivity contribution in [2.75, 3.05) is 41.1 Å². The number of Topliss-reactive ketones (excluding diaryl/α,β-unsaturated/α-hetero) is 3. The van der Waals surface area contributed by atoms with Crippen molar-refractivity contribution in [3.05, 3.63) is 47.6 Å². The summed E-state index contributed by atoms with van der Waals surface area (Å²) >= 11 is 0. The molecule has 0 radical (unpaired) electrons. The van der Waals surface area contributed by atoms with Gasteiger partial charge in [0.05, 0.1) is 31.0 Å². The van der Waals surface area contributed by atoms with Crippen LogP contribution in [0.15, 0.2) is 47.6 Å². The Bertz CT molecular complexity index is 2020. The molecule has 414 valence electrons. The Labute approximate surface area is 435 Å². The second-order valence-electron chi connectivity index (χ2n) is 21.6. The molecule has 3 aliphatic heterocycles. The Morgan fingerprint density at radius 1 is 0.877 bits per heavy atom. The lowest BCUT2D eigenvalue weighted by Gasteiger charge is -2.42. The number of aliphatic hydroxyl groups is 2. The number of ketones is 3. The Kier molecular flexibility index (Phi) is 25.1. The van der Waals surface area contributed by atoms with Gasteiger partial charge in [-0.2, -0.15) is 0 Å². The highest BCUT2D eigenvalue weighted by Gasteiger charge is 2.53. The summed E-state index contributed by atoms with van der Waals surface area (Å²) in [4.78, 5) is 72.5. The number of nitrogens with zero attached hydrogens (tertiary/aromatic N) is 1. The van der Waals surface area contributed by atoms with Crippen molar-refractivity contribution < 1.29 is 71.5 Å². The van der Waals surface area contributed by atoms with Crippen LogP contribution in [0.1, 0.15) is 145 Å². The van der Waals surface area contributed by atoms with E-state index >= 15 is 0 Å². The molecule has 2 bridgehead atoms. The van der Waals surface area contributed by atoms with Crippen molar-refractivity contribution in [3.63, 3.8) is 0 Å². The molecule has 1 amide bonds. The number of amides is 1. The van der Waals surface area contributed by atoms with Gasteiger partial charge < -0.3 is 47.8 Å². The summed E-state index contributed by atoms with van der Waals surface area (Å²) < 4.78 is 54.7. The number of aliphatic hydroxyl groups excluding tert-OH is 1. The molecule has 3 heterocycles. The number of carbonyl (C=O) groups is 5. The molecule has 4 rings (SSSR count). The van der Waals surface area contributed by atoms with E-state index in [1.165, 1.54) is 18.7 Å². The monoisotopic (exact) mass is 1050 g/mol. The van der Waals surface area contributed by atoms with E-state index in [0.717, 1.165) is 18.4 Å². The van der Waals surface area contributed by atoms with Gasteiger partial charge in [-0.15, -0.1) is 0 Å². The molecular formula is C56H90NO15P. The Hall–Kier alpha value is -3.18. The van der Waals surface area contributed by atoms with Gasteiger partial charge in [0.2, 0.25) is 5.79 Å². The standard InChI is InChI=1S/C56H90NO15P/c1-13-14-28-69-73(12,65)72-46-26-24-42(32-49(46)67-10)31-38(5)48-34-45(58)37(4)30-40(7)51(60)52(68-11)50(59)39(6)29-35(2)20-16-15-17-21-36(3)47(66-9)33-43-25-23-41(8)56(64,71-43)53(61)54(62)57-27-19-18-22-44(57)55(63)70-48/h15-17,20-21,30,35,37-39,41-44,46-49,51-52,60,64H,13-14,18-19,22-29,31-34H2,1-12H3/b17-15+,20-16+,36-21+,40-30+/t35-,37-,38-,39-,41-,42+,43+,44?,46-,47+,48+,49-,51-,52+,56-,73?/m1/s1. The molecule has 2 saturated heterocycles. The van der Waals surface area contributed by atoms with Crippen molar-refractivity contribution in [2.24, 2.45) is 35.5 Å². The van der Waals surface area contributed by atoms with E-state index < -0.39 is 103 Å². The van der Waals surface area contributed by atoms with Crippen LogP contribution >= 0.6 is 7.60 Å². The summed E-state index contributed by atoms with van der Waals surface area (Å²) in [6.07, 6.45) is 12.5. The second-order valence-corrected chi connectivity index (χ2v) is 23.6. The van der Waals surface area contributed by atoms with Crippen LogP contribution in [-0.4, -0.2) is 140 Å². The Morgan fingerprint density at radius 2 is 1.60 bits per heavy atom. The predicted molar refractivity (Wildman–Crippen MR) is 278 cm³/mol. The molecule has 0 aromatic heterocycles. The molecule has 16 atom stereocenters. The average molecular weight is 1050 g/mol. The lowest BCUT2D eigenvalue weighted by molar-refractivity contribution is -0.265. The first kappa shape index (κ1) is 62.4. The number of esters is 1. The van der Waals surface area contributed by atoms with Crippen molar-refractivity contribution in [1.82, 2.24) is 4.90 Å². The van der Waals surface area contributed by atoms with E-state index in [1.54, 1.807) is 41.1 Å². The maximum Gasteiger partial charge on any atom is 0.329 e. The number of fused-ring (bicyclic) bond motifs is 3. The smallest absolute Gasteiger partial charge is 0.329 e. The van der Waals surface area contributed by atoms with Crippen LogP contribution in [0.3, 0.4) is 0 Å². The molecule has 1 aliphatic carbocycles. The van der Waals surface area contributed by atoms with E-state index in [9.17, 15) is 38.8 Å². The third-order valence-corrected chi connectivity index (χ3v) is 16.9. The maximum absolute atomic E-state index is 14.6. The lowest BCUT2D eigenvalue weighted by Crippen LogP contribution is -2.61. The number of ether oxygens (including phenoxy) is 5. The Balaban J connectivity index is 1.68. The van der Waals surface area contributed by atoms with Crippen LogP contribution in [0, 0.1) is 35.5 Å². The highest BCUT2D eigenvalue weighted by atomic mass is 31.2. The number of carbonyl (C=O) groups excluding carboxylic acids is 5. The summed E-state index contributed by atoms with van der Waals surface area (Å²) in [5.41, 5.74) is 1.25. The van der Waals surface area contributed by atoms with Crippen LogP contribution in [-0.2, 0) is 61.3 Å². The number of hydrogen-bond acceptors (Lipinski definition) is 15. The van der Waals surface area contributed by atoms with Crippen molar-refractivity contribution >= 4 is 36.8 Å². The second kappa shape index (κ2) is 29.4. The van der Waals surface area contributed by atoms with Gasteiger partial charge in [0.15, 0.2) is 5.78 Å². The van der Waals surface area contributed by atoms with E-state index in [1.807, 2.05) is 65.0 Å². The normalized spacial score (nSPS) is 38.2. The van der Waals surface area contributed by atoms with Gasteiger partial charge in [0.25, 0.3) is 11.7 Å². The molecule has 0 spiro atoms. The summed E-state index contributed by atoms with van der Waals surface area (Å²) in [6, 6.07) is -1.17. The van der Waals surface area contributed by atoms with Crippen molar-refractivity contribution in [3.8, 4) is 0 Å². The molecule has 4 aliphatic rings. The predicted octanol–water partition coefficient (Wildman–Crippen LogP) is 8.84. The van der Waals surface area contributed by atoms with Crippen LogP contribution in [0.5, 0.6) is 0 Å². The zero-order valence-electron chi connectivity index (χ0n) is 46.0. The van der Waals surface area contributed by atoms with Crippen LogP contribution in [0.25, 0.3) is 0 Å². The minimum absolute atomic E-state index is 0.00627. The fourth-order valence-electron chi connectivity index (χ4n) is 10.9. The number of unbranched alkanes of at least 4 members (excludes halogenated alkanes) is 1. The largest absolute Gasteiger partial charge is 0.460 e. The van der Waals surface area contributed by atoms with Crippen molar-refractivity contribution in [2.45, 2.75) is 200 Å². The minimum Gasteiger partial charge on any atom is -0.460 e. The number of cyclic esters (lactones) is 1. The van der Waals surface area contributed by atoms with Gasteiger partial charge in [-0.25, -0.2) is 4.79 Å². The molecule has 0 aromatic rings. The van der Waals surface area contributed by atoms with E-state index in [-0.39, 0.29) is 42.8 Å². The highest BCUT2D eigenvalue weighted by molar-refractivity contribution is 7.53. The number of hydrogen-bond donors (Lipinski definition) is 2. The van der Waals surface area contributed by atoms with E-state index in [0.29, 0.717) is 76.4 Å². The van der Waals surface area contributed by atoms with E-state index in [2.05, 4.69) is 0 Å². The first-order valence-corrected chi connectivity index (χ1v) is 28.9. The van der Waals surface area contributed by atoms with Gasteiger partial charge >= 0.3 is 13.6 Å². The minimum atomic E-state index is -3.35. The summed E-state index contributed by atoms with van der Waals surface area (Å²) in [5, 5.41) is 23.5. The molecule has 16 nitrogen and oxygen atoms in total. The molecule has 3 fully saturated rings. The fraction of sp³-hybridized carbons (Fsp3) is 0.768.